The summed E-state index contributed by atoms with van der Waals surface area (Å²) in [5.74, 6) is 0.523. The molecule has 0 aliphatic rings. The minimum absolute atomic E-state index is 0.0245. The quantitative estimate of drug-likeness (QED) is 0.801. The Morgan fingerprint density at radius 3 is 2.08 bits per heavy atom. The standard InChI is InChI=1S/C19H30N2O3/c1-12(2)11-15-7-9-16(10-8-15)17(13(3)4)20-14(5)18(22)21-19(23)24-6/h7-10,12-14,17,20H,11H2,1-6H3,(H,21,22,23)/t14-,17-/m1/s1. The summed E-state index contributed by atoms with van der Waals surface area (Å²) in [6.07, 6.45) is 0.311. The summed E-state index contributed by atoms with van der Waals surface area (Å²) in [6.45, 7) is 10.3. The van der Waals surface area contributed by atoms with Crippen LogP contribution in [0.2, 0.25) is 0 Å². The molecule has 1 aromatic carbocycles. The average Bonchev–Trinajstić information content (AvgIpc) is 2.52. The molecule has 0 saturated heterocycles. The van der Waals surface area contributed by atoms with Crippen LogP contribution in [-0.2, 0) is 16.0 Å². The first-order valence-electron chi connectivity index (χ1n) is 8.48. The lowest BCUT2D eigenvalue weighted by atomic mass is 9.93. The van der Waals surface area contributed by atoms with Gasteiger partial charge in [-0.15, -0.1) is 0 Å². The molecule has 0 unspecified atom stereocenters. The number of ether oxygens (including phenoxy) is 1. The normalized spacial score (nSPS) is 13.7. The molecule has 5 nitrogen and oxygen atoms in total. The fraction of sp³-hybridized carbons (Fsp3) is 0.579. The fourth-order valence-corrected chi connectivity index (χ4v) is 2.61. The van der Waals surface area contributed by atoms with E-state index < -0.39 is 18.0 Å². The molecule has 134 valence electrons. The van der Waals surface area contributed by atoms with Gasteiger partial charge in [-0.25, -0.2) is 4.79 Å². The number of hydrogen-bond acceptors (Lipinski definition) is 4. The van der Waals surface area contributed by atoms with Gasteiger partial charge in [0.15, 0.2) is 0 Å². The predicted octanol–water partition coefficient (Wildman–Crippen LogP) is 3.44. The van der Waals surface area contributed by atoms with Gasteiger partial charge in [0, 0.05) is 6.04 Å². The highest BCUT2D eigenvalue weighted by atomic mass is 16.5. The van der Waals surface area contributed by atoms with Gasteiger partial charge in [-0.3, -0.25) is 15.4 Å². The number of carbonyl (C=O) groups is 2. The molecule has 2 amide bonds. The van der Waals surface area contributed by atoms with Crippen molar-refractivity contribution in [1.82, 2.24) is 10.6 Å². The minimum Gasteiger partial charge on any atom is -0.453 e. The van der Waals surface area contributed by atoms with Crippen LogP contribution >= 0.6 is 0 Å². The maximum absolute atomic E-state index is 12.0. The van der Waals surface area contributed by atoms with Crippen LogP contribution in [0.4, 0.5) is 4.79 Å². The Bertz CT molecular complexity index is 538. The van der Waals surface area contributed by atoms with E-state index in [9.17, 15) is 9.59 Å². The number of benzene rings is 1. The first-order valence-corrected chi connectivity index (χ1v) is 8.48. The predicted molar refractivity (Wildman–Crippen MR) is 95.7 cm³/mol. The fourth-order valence-electron chi connectivity index (χ4n) is 2.61. The number of methoxy groups -OCH3 is 1. The summed E-state index contributed by atoms with van der Waals surface area (Å²) in [4.78, 5) is 23.2. The summed E-state index contributed by atoms with van der Waals surface area (Å²) < 4.78 is 4.45. The van der Waals surface area contributed by atoms with E-state index in [1.807, 2.05) is 0 Å². The second-order valence-corrected chi connectivity index (χ2v) is 6.93. The van der Waals surface area contributed by atoms with E-state index in [1.54, 1.807) is 6.92 Å². The van der Waals surface area contributed by atoms with Gasteiger partial charge < -0.3 is 4.74 Å². The molecule has 5 heteroatoms. The van der Waals surface area contributed by atoms with Gasteiger partial charge in [0.2, 0.25) is 5.91 Å². The Morgan fingerprint density at radius 2 is 1.62 bits per heavy atom. The first-order chi connectivity index (χ1) is 11.2. The summed E-state index contributed by atoms with van der Waals surface area (Å²) in [6, 6.07) is 8.03. The van der Waals surface area contributed by atoms with Crippen molar-refractivity contribution in [3.05, 3.63) is 35.4 Å². The Labute approximate surface area is 145 Å². The second kappa shape index (κ2) is 9.42. The van der Waals surface area contributed by atoms with Crippen molar-refractivity contribution < 1.29 is 14.3 Å². The third-order valence-electron chi connectivity index (χ3n) is 3.88. The van der Waals surface area contributed by atoms with Gasteiger partial charge in [0.1, 0.15) is 0 Å². The van der Waals surface area contributed by atoms with Crippen LogP contribution in [0.1, 0.15) is 51.8 Å². The van der Waals surface area contributed by atoms with Gasteiger partial charge in [-0.2, -0.15) is 0 Å². The minimum atomic E-state index is -0.743. The van der Waals surface area contributed by atoms with Crippen LogP contribution in [0.3, 0.4) is 0 Å². The average molecular weight is 334 g/mol. The third-order valence-corrected chi connectivity index (χ3v) is 3.88. The monoisotopic (exact) mass is 334 g/mol. The van der Waals surface area contributed by atoms with Gasteiger partial charge in [-0.05, 0) is 36.3 Å². The molecule has 0 aliphatic carbocycles. The first kappa shape index (κ1) is 20.2. The molecule has 0 spiro atoms. The summed E-state index contributed by atoms with van der Waals surface area (Å²) in [5.41, 5.74) is 2.45. The number of alkyl carbamates (subject to hydrolysis) is 1. The van der Waals surface area contributed by atoms with Crippen LogP contribution in [-0.4, -0.2) is 25.2 Å². The van der Waals surface area contributed by atoms with Crippen LogP contribution in [0.15, 0.2) is 24.3 Å². The van der Waals surface area contributed by atoms with Crippen molar-refractivity contribution in [1.29, 1.82) is 0 Å². The van der Waals surface area contributed by atoms with E-state index in [4.69, 9.17) is 0 Å². The molecule has 1 aromatic rings. The topological polar surface area (TPSA) is 67.4 Å². The molecule has 0 aliphatic heterocycles. The van der Waals surface area contributed by atoms with Crippen LogP contribution in [0.25, 0.3) is 0 Å². The van der Waals surface area contributed by atoms with Crippen molar-refractivity contribution in [2.24, 2.45) is 11.8 Å². The lowest BCUT2D eigenvalue weighted by molar-refractivity contribution is -0.122. The number of carbonyl (C=O) groups excluding carboxylic acids is 2. The SMILES string of the molecule is COC(=O)NC(=O)[C@@H](C)N[C@@H](c1ccc(CC(C)C)cc1)C(C)C. The molecule has 2 N–H and O–H groups in total. The van der Waals surface area contributed by atoms with Crippen molar-refractivity contribution >= 4 is 12.0 Å². The Morgan fingerprint density at radius 1 is 1.04 bits per heavy atom. The Hall–Kier alpha value is -1.88. The molecular formula is C19H30N2O3. The van der Waals surface area contributed by atoms with Gasteiger partial charge in [0.25, 0.3) is 0 Å². The van der Waals surface area contributed by atoms with E-state index >= 15 is 0 Å². The number of amides is 2. The van der Waals surface area contributed by atoms with E-state index in [1.165, 1.54) is 12.7 Å². The summed E-state index contributed by atoms with van der Waals surface area (Å²) in [5, 5.41) is 5.50. The van der Waals surface area contributed by atoms with E-state index in [0.29, 0.717) is 11.8 Å². The zero-order chi connectivity index (χ0) is 18.3. The smallest absolute Gasteiger partial charge is 0.413 e. The highest BCUT2D eigenvalue weighted by Gasteiger charge is 2.23. The maximum atomic E-state index is 12.0. The van der Waals surface area contributed by atoms with Crippen molar-refractivity contribution in [2.45, 2.75) is 53.1 Å². The second-order valence-electron chi connectivity index (χ2n) is 6.93. The number of imide groups is 1. The van der Waals surface area contributed by atoms with E-state index in [0.717, 1.165) is 12.0 Å². The van der Waals surface area contributed by atoms with Crippen molar-refractivity contribution in [3.63, 3.8) is 0 Å². The molecule has 0 heterocycles. The number of hydrogen-bond donors (Lipinski definition) is 2. The highest BCUT2D eigenvalue weighted by Crippen LogP contribution is 2.23. The van der Waals surface area contributed by atoms with Crippen LogP contribution in [0, 0.1) is 11.8 Å². The maximum Gasteiger partial charge on any atom is 0.413 e. The molecule has 2 atom stereocenters. The highest BCUT2D eigenvalue weighted by molar-refractivity contribution is 5.94. The number of nitrogens with one attached hydrogen (secondary N) is 2. The molecule has 0 aromatic heterocycles. The Kier molecular flexibility index (Phi) is 7.92. The van der Waals surface area contributed by atoms with Crippen molar-refractivity contribution in [3.8, 4) is 0 Å². The lowest BCUT2D eigenvalue weighted by Gasteiger charge is -2.26. The lowest BCUT2D eigenvalue weighted by Crippen LogP contribution is -2.46. The largest absolute Gasteiger partial charge is 0.453 e. The van der Waals surface area contributed by atoms with Crippen molar-refractivity contribution in [2.75, 3.05) is 7.11 Å². The zero-order valence-electron chi connectivity index (χ0n) is 15.6. The molecule has 0 fully saturated rings. The molecule has 1 rings (SSSR count). The summed E-state index contributed by atoms with van der Waals surface area (Å²) >= 11 is 0. The molecule has 0 saturated carbocycles. The third kappa shape index (κ3) is 6.32. The molecule has 0 bridgehead atoms. The van der Waals surface area contributed by atoms with Crippen LogP contribution in [0.5, 0.6) is 0 Å². The zero-order valence-corrected chi connectivity index (χ0v) is 15.6. The summed E-state index contributed by atoms with van der Waals surface area (Å²) in [7, 11) is 1.23. The molecule has 0 radical (unpaired) electrons. The molecular weight excluding hydrogens is 304 g/mol. The van der Waals surface area contributed by atoms with E-state index in [-0.39, 0.29) is 6.04 Å². The van der Waals surface area contributed by atoms with Gasteiger partial charge in [-0.1, -0.05) is 52.0 Å². The Balaban J connectivity index is 2.79. The van der Waals surface area contributed by atoms with Crippen LogP contribution < -0.4 is 10.6 Å². The number of rotatable bonds is 7. The van der Waals surface area contributed by atoms with Gasteiger partial charge >= 0.3 is 6.09 Å². The molecule has 24 heavy (non-hydrogen) atoms. The van der Waals surface area contributed by atoms with Gasteiger partial charge in [0.05, 0.1) is 13.2 Å². The van der Waals surface area contributed by atoms with E-state index in [2.05, 4.69) is 67.3 Å².